The minimum Gasteiger partial charge on any atom is -0.398 e. The van der Waals surface area contributed by atoms with E-state index >= 15 is 0 Å². The van der Waals surface area contributed by atoms with Gasteiger partial charge in [0.1, 0.15) is 0 Å². The molecule has 0 saturated carbocycles. The van der Waals surface area contributed by atoms with Crippen LogP contribution in [0.15, 0.2) is 38.5 Å². The summed E-state index contributed by atoms with van der Waals surface area (Å²) in [6.07, 6.45) is 1.41. The summed E-state index contributed by atoms with van der Waals surface area (Å²) in [5.41, 5.74) is 5.96. The van der Waals surface area contributed by atoms with E-state index in [4.69, 9.17) is 17.3 Å². The second-order valence-corrected chi connectivity index (χ2v) is 4.93. The third-order valence-corrected chi connectivity index (χ3v) is 3.37. The Balaban J connectivity index is 2.50. The fourth-order valence-corrected chi connectivity index (χ4v) is 2.10. The van der Waals surface area contributed by atoms with Gasteiger partial charge >= 0.3 is 5.69 Å². The Kier molecular flexibility index (Phi) is 3.58. The van der Waals surface area contributed by atoms with E-state index in [9.17, 15) is 9.59 Å². The highest BCUT2D eigenvalue weighted by atomic mass is 79.9. The highest BCUT2D eigenvalue weighted by molar-refractivity contribution is 9.10. The third-order valence-electron chi connectivity index (χ3n) is 2.45. The molecule has 0 aliphatic carbocycles. The van der Waals surface area contributed by atoms with Crippen LogP contribution in [0.3, 0.4) is 0 Å². The number of aromatic nitrogens is 2. The molecule has 0 bridgehead atoms. The molecule has 0 amide bonds. The van der Waals surface area contributed by atoms with Crippen LogP contribution in [0.1, 0.15) is 5.56 Å². The molecule has 94 valence electrons. The number of anilines is 1. The molecule has 1 heterocycles. The number of nitrogens with one attached hydrogen (secondary N) is 1. The molecular formula is C11H9BrClN3O2. The summed E-state index contributed by atoms with van der Waals surface area (Å²) in [6, 6.07) is 5.12. The first-order valence-electron chi connectivity index (χ1n) is 5.01. The molecule has 0 unspecified atom stereocenters. The molecule has 7 heteroatoms. The van der Waals surface area contributed by atoms with Crippen LogP contribution in [0.2, 0.25) is 5.02 Å². The predicted octanol–water partition coefficient (Wildman–Crippen LogP) is 1.58. The summed E-state index contributed by atoms with van der Waals surface area (Å²) in [6.45, 7) is 0.194. The topological polar surface area (TPSA) is 80.9 Å². The van der Waals surface area contributed by atoms with Crippen molar-refractivity contribution in [2.24, 2.45) is 0 Å². The predicted molar refractivity (Wildman–Crippen MR) is 74.0 cm³/mol. The number of benzene rings is 1. The minimum atomic E-state index is -0.512. The molecule has 0 radical (unpaired) electrons. The van der Waals surface area contributed by atoms with Gasteiger partial charge in [0.2, 0.25) is 0 Å². The van der Waals surface area contributed by atoms with Crippen LogP contribution in [0, 0.1) is 0 Å². The molecule has 5 nitrogen and oxygen atoms in total. The molecular weight excluding hydrogens is 321 g/mol. The molecule has 0 fully saturated rings. The van der Waals surface area contributed by atoms with Crippen LogP contribution in [-0.4, -0.2) is 9.55 Å². The van der Waals surface area contributed by atoms with Gasteiger partial charge in [-0.05, 0) is 28.1 Å². The van der Waals surface area contributed by atoms with Gasteiger partial charge in [0.05, 0.1) is 11.0 Å². The van der Waals surface area contributed by atoms with Gasteiger partial charge in [0.15, 0.2) is 0 Å². The molecule has 0 aliphatic rings. The lowest BCUT2D eigenvalue weighted by Gasteiger charge is -2.10. The first kappa shape index (κ1) is 12.9. The van der Waals surface area contributed by atoms with Crippen LogP contribution < -0.4 is 17.0 Å². The summed E-state index contributed by atoms with van der Waals surface area (Å²) in [5, 5.41) is 0.476. The van der Waals surface area contributed by atoms with Crippen molar-refractivity contribution >= 4 is 33.2 Å². The standard InChI is InChI=1S/C11H9BrClN3O2/c12-7-5-16(11(18)15-10(7)17)4-6-8(13)2-1-3-9(6)14/h1-3,5H,4,14H2,(H,15,17,18). The highest BCUT2D eigenvalue weighted by Gasteiger charge is 2.08. The van der Waals surface area contributed by atoms with E-state index in [1.807, 2.05) is 0 Å². The lowest BCUT2D eigenvalue weighted by Crippen LogP contribution is -2.30. The Morgan fingerprint density at radius 2 is 2.11 bits per heavy atom. The Morgan fingerprint density at radius 1 is 1.39 bits per heavy atom. The lowest BCUT2D eigenvalue weighted by atomic mass is 10.2. The van der Waals surface area contributed by atoms with Crippen molar-refractivity contribution in [3.05, 3.63) is 60.3 Å². The van der Waals surface area contributed by atoms with Gasteiger partial charge in [0.25, 0.3) is 5.56 Å². The average molecular weight is 331 g/mol. The molecule has 2 aromatic rings. The second kappa shape index (κ2) is 4.99. The zero-order valence-corrected chi connectivity index (χ0v) is 11.5. The summed E-state index contributed by atoms with van der Waals surface area (Å²) >= 11 is 9.09. The van der Waals surface area contributed by atoms with E-state index in [1.165, 1.54) is 10.8 Å². The van der Waals surface area contributed by atoms with E-state index < -0.39 is 11.2 Å². The Labute approximate surface area is 115 Å². The van der Waals surface area contributed by atoms with E-state index in [2.05, 4.69) is 20.9 Å². The lowest BCUT2D eigenvalue weighted by molar-refractivity contribution is 0.717. The van der Waals surface area contributed by atoms with Gasteiger partial charge in [-0.3, -0.25) is 14.3 Å². The van der Waals surface area contributed by atoms with Crippen LogP contribution in [0.4, 0.5) is 5.69 Å². The van der Waals surface area contributed by atoms with Crippen molar-refractivity contribution in [1.82, 2.24) is 9.55 Å². The van der Waals surface area contributed by atoms with Crippen molar-refractivity contribution in [3.8, 4) is 0 Å². The van der Waals surface area contributed by atoms with Crippen molar-refractivity contribution in [3.63, 3.8) is 0 Å². The Bertz CT molecular complexity index is 688. The molecule has 0 saturated heterocycles. The SMILES string of the molecule is Nc1cccc(Cl)c1Cn1cc(Br)c(=O)[nH]c1=O. The third kappa shape index (κ3) is 2.49. The molecule has 1 aromatic heterocycles. The first-order valence-corrected chi connectivity index (χ1v) is 6.18. The van der Waals surface area contributed by atoms with E-state index in [0.717, 1.165) is 0 Å². The number of halogens is 2. The zero-order valence-electron chi connectivity index (χ0n) is 9.11. The number of hydrogen-bond donors (Lipinski definition) is 2. The summed E-state index contributed by atoms with van der Waals surface area (Å²) in [4.78, 5) is 25.0. The van der Waals surface area contributed by atoms with E-state index in [-0.39, 0.29) is 11.0 Å². The summed E-state index contributed by atoms with van der Waals surface area (Å²) in [5.74, 6) is 0. The maximum atomic E-state index is 11.6. The number of rotatable bonds is 2. The number of hydrogen-bond acceptors (Lipinski definition) is 3. The van der Waals surface area contributed by atoms with E-state index in [0.29, 0.717) is 16.3 Å². The van der Waals surface area contributed by atoms with Crippen LogP contribution >= 0.6 is 27.5 Å². The smallest absolute Gasteiger partial charge is 0.328 e. The molecule has 0 atom stereocenters. The van der Waals surface area contributed by atoms with Crippen molar-refractivity contribution in [2.75, 3.05) is 5.73 Å². The second-order valence-electron chi connectivity index (χ2n) is 3.67. The number of nitrogen functional groups attached to an aromatic ring is 1. The quantitative estimate of drug-likeness (QED) is 0.820. The number of aromatic amines is 1. The Morgan fingerprint density at radius 3 is 2.78 bits per heavy atom. The fraction of sp³-hybridized carbons (Fsp3) is 0.0909. The summed E-state index contributed by atoms with van der Waals surface area (Å²) < 4.78 is 1.59. The average Bonchev–Trinajstić information content (AvgIpc) is 2.30. The molecule has 1 aromatic carbocycles. The van der Waals surface area contributed by atoms with Gasteiger partial charge in [-0.1, -0.05) is 17.7 Å². The fourth-order valence-electron chi connectivity index (χ4n) is 1.51. The van der Waals surface area contributed by atoms with Crippen LogP contribution in [0.25, 0.3) is 0 Å². The van der Waals surface area contributed by atoms with Crippen LogP contribution in [-0.2, 0) is 6.54 Å². The minimum absolute atomic E-state index is 0.194. The summed E-state index contributed by atoms with van der Waals surface area (Å²) in [7, 11) is 0. The normalized spacial score (nSPS) is 10.6. The number of nitrogens with two attached hydrogens (primary N) is 1. The largest absolute Gasteiger partial charge is 0.398 e. The van der Waals surface area contributed by atoms with Crippen molar-refractivity contribution in [2.45, 2.75) is 6.54 Å². The number of nitrogens with zero attached hydrogens (tertiary/aromatic N) is 1. The van der Waals surface area contributed by atoms with Gasteiger partial charge in [-0.2, -0.15) is 0 Å². The van der Waals surface area contributed by atoms with E-state index in [1.54, 1.807) is 18.2 Å². The van der Waals surface area contributed by atoms with Gasteiger partial charge in [0, 0.05) is 22.5 Å². The molecule has 0 aliphatic heterocycles. The zero-order chi connectivity index (χ0) is 13.3. The molecule has 18 heavy (non-hydrogen) atoms. The van der Waals surface area contributed by atoms with Gasteiger partial charge in [-0.25, -0.2) is 4.79 Å². The molecule has 0 spiro atoms. The van der Waals surface area contributed by atoms with Crippen LogP contribution in [0.5, 0.6) is 0 Å². The first-order chi connectivity index (χ1) is 8.49. The Hall–Kier alpha value is -1.53. The highest BCUT2D eigenvalue weighted by Crippen LogP contribution is 2.22. The number of H-pyrrole nitrogens is 1. The van der Waals surface area contributed by atoms with Crippen molar-refractivity contribution < 1.29 is 0 Å². The molecule has 3 N–H and O–H groups in total. The maximum absolute atomic E-state index is 11.6. The molecule has 2 rings (SSSR count). The monoisotopic (exact) mass is 329 g/mol. The van der Waals surface area contributed by atoms with Gasteiger partial charge in [-0.15, -0.1) is 0 Å². The maximum Gasteiger partial charge on any atom is 0.328 e. The van der Waals surface area contributed by atoms with Gasteiger partial charge < -0.3 is 5.73 Å². The van der Waals surface area contributed by atoms with Crippen molar-refractivity contribution in [1.29, 1.82) is 0 Å².